The van der Waals surface area contributed by atoms with Crippen molar-refractivity contribution in [3.05, 3.63) is 35.5 Å². The molecule has 0 atom stereocenters. The SMILES string of the molecule is O=CN([O-])Nc1ccccc1. The Morgan fingerprint density at radius 2 is 2.00 bits per heavy atom. The summed E-state index contributed by atoms with van der Waals surface area (Å²) in [5.41, 5.74) is 2.89. The van der Waals surface area contributed by atoms with Crippen LogP contribution < -0.4 is 5.43 Å². The van der Waals surface area contributed by atoms with Crippen LogP contribution in [-0.4, -0.2) is 11.6 Å². The Hall–Kier alpha value is -1.55. The molecular formula is C7H7N2O2-. The number of para-hydroxylation sites is 1. The largest absolute Gasteiger partial charge is 0.737 e. The zero-order chi connectivity index (χ0) is 8.10. The minimum absolute atomic E-state index is 0.106. The second-order valence-corrected chi connectivity index (χ2v) is 1.91. The maximum absolute atomic E-state index is 10.4. The van der Waals surface area contributed by atoms with Crippen molar-refractivity contribution in [2.24, 2.45) is 0 Å². The maximum atomic E-state index is 10.4. The molecule has 4 heteroatoms. The molecule has 1 aromatic carbocycles. The summed E-state index contributed by atoms with van der Waals surface area (Å²) in [5, 5.41) is 10.5. The first-order valence-corrected chi connectivity index (χ1v) is 3.06. The van der Waals surface area contributed by atoms with Gasteiger partial charge in [-0.1, -0.05) is 18.2 Å². The van der Waals surface area contributed by atoms with Gasteiger partial charge in [0.25, 0.3) is 0 Å². The van der Waals surface area contributed by atoms with Crippen LogP contribution in [0.2, 0.25) is 0 Å². The monoisotopic (exact) mass is 151 g/mol. The smallest absolute Gasteiger partial charge is 0.217 e. The quantitative estimate of drug-likeness (QED) is 0.517. The van der Waals surface area contributed by atoms with Crippen molar-refractivity contribution in [2.45, 2.75) is 0 Å². The number of hydrogen-bond donors (Lipinski definition) is 1. The molecule has 0 aliphatic carbocycles. The topological polar surface area (TPSA) is 55.4 Å². The number of hydrazine groups is 1. The van der Waals surface area contributed by atoms with E-state index < -0.39 is 0 Å². The number of hydrogen-bond acceptors (Lipinski definition) is 3. The Balaban J connectivity index is 2.57. The van der Waals surface area contributed by atoms with Gasteiger partial charge >= 0.3 is 0 Å². The third kappa shape index (κ3) is 2.27. The summed E-state index contributed by atoms with van der Waals surface area (Å²) in [4.78, 5) is 9.86. The highest BCUT2D eigenvalue weighted by atomic mass is 16.5. The van der Waals surface area contributed by atoms with E-state index in [9.17, 15) is 10.0 Å². The van der Waals surface area contributed by atoms with Crippen LogP contribution in [-0.2, 0) is 4.79 Å². The van der Waals surface area contributed by atoms with Crippen molar-refractivity contribution >= 4 is 12.1 Å². The first kappa shape index (κ1) is 7.56. The molecule has 4 nitrogen and oxygen atoms in total. The van der Waals surface area contributed by atoms with Gasteiger partial charge in [0.15, 0.2) is 0 Å². The average molecular weight is 151 g/mol. The molecule has 0 saturated heterocycles. The molecule has 1 N–H and O–H groups in total. The molecule has 0 unspecified atom stereocenters. The summed E-state index contributed by atoms with van der Waals surface area (Å²) in [6.45, 7) is 0. The van der Waals surface area contributed by atoms with Crippen molar-refractivity contribution in [3.8, 4) is 0 Å². The molecule has 0 bridgehead atoms. The highest BCUT2D eigenvalue weighted by Crippen LogP contribution is 2.04. The summed E-state index contributed by atoms with van der Waals surface area (Å²) in [6.07, 6.45) is 0.160. The molecule has 0 aliphatic rings. The number of anilines is 1. The van der Waals surface area contributed by atoms with Crippen LogP contribution in [0.4, 0.5) is 5.69 Å². The second-order valence-electron chi connectivity index (χ2n) is 1.91. The Bertz CT molecular complexity index is 225. The van der Waals surface area contributed by atoms with E-state index in [-0.39, 0.29) is 11.6 Å². The lowest BCUT2D eigenvalue weighted by molar-refractivity contribution is -0.115. The van der Waals surface area contributed by atoms with Gasteiger partial charge in [0.2, 0.25) is 6.41 Å². The van der Waals surface area contributed by atoms with Crippen molar-refractivity contribution < 1.29 is 4.79 Å². The molecule has 0 aliphatic heterocycles. The van der Waals surface area contributed by atoms with Gasteiger partial charge in [0, 0.05) is 0 Å². The van der Waals surface area contributed by atoms with Gasteiger partial charge in [-0.2, -0.15) is 0 Å². The van der Waals surface area contributed by atoms with Crippen molar-refractivity contribution in [2.75, 3.05) is 5.43 Å². The summed E-state index contributed by atoms with van der Waals surface area (Å²) >= 11 is 0. The fourth-order valence-corrected chi connectivity index (χ4v) is 0.666. The molecule has 0 radical (unpaired) electrons. The molecule has 11 heavy (non-hydrogen) atoms. The number of nitrogens with zero attached hydrogens (tertiary/aromatic N) is 1. The molecule has 1 amide bonds. The second kappa shape index (κ2) is 3.58. The summed E-state index contributed by atoms with van der Waals surface area (Å²) < 4.78 is 0. The van der Waals surface area contributed by atoms with Gasteiger partial charge in [-0.25, -0.2) is 0 Å². The van der Waals surface area contributed by atoms with Crippen LogP contribution in [0.3, 0.4) is 0 Å². The molecule has 0 spiro atoms. The van der Waals surface area contributed by atoms with Gasteiger partial charge in [-0.15, -0.1) is 0 Å². The first-order valence-electron chi connectivity index (χ1n) is 3.06. The molecule has 0 heterocycles. The predicted molar refractivity (Wildman–Crippen MR) is 41.3 cm³/mol. The van der Waals surface area contributed by atoms with E-state index in [0.29, 0.717) is 5.69 Å². The zero-order valence-corrected chi connectivity index (χ0v) is 5.73. The maximum Gasteiger partial charge on any atom is 0.217 e. The standard InChI is InChI=1S/C7H7N2O2/c10-6-9(11)8-7-4-2-1-3-5-7/h1-6,8H/q-1. The van der Waals surface area contributed by atoms with E-state index in [1.165, 1.54) is 0 Å². The summed E-state index contributed by atoms with van der Waals surface area (Å²) in [5.74, 6) is 0. The van der Waals surface area contributed by atoms with E-state index in [0.717, 1.165) is 0 Å². The lowest BCUT2D eigenvalue weighted by atomic mass is 10.3. The van der Waals surface area contributed by atoms with Crippen LogP contribution in [0.25, 0.3) is 0 Å². The van der Waals surface area contributed by atoms with Crippen molar-refractivity contribution in [3.63, 3.8) is 0 Å². The third-order valence-corrected chi connectivity index (χ3v) is 1.11. The number of rotatable bonds is 3. The van der Waals surface area contributed by atoms with E-state index in [1.807, 2.05) is 6.07 Å². The molecule has 1 aromatic rings. The fourth-order valence-electron chi connectivity index (χ4n) is 0.666. The first-order chi connectivity index (χ1) is 5.33. The van der Waals surface area contributed by atoms with Crippen LogP contribution in [0.5, 0.6) is 0 Å². The van der Waals surface area contributed by atoms with Gasteiger partial charge < -0.3 is 15.8 Å². The third-order valence-electron chi connectivity index (χ3n) is 1.11. The molecule has 0 fully saturated rings. The van der Waals surface area contributed by atoms with Crippen molar-refractivity contribution in [1.82, 2.24) is 5.17 Å². The zero-order valence-electron chi connectivity index (χ0n) is 5.73. The normalized spacial score (nSPS) is 8.82. The summed E-state index contributed by atoms with van der Waals surface area (Å²) in [7, 11) is 0. The van der Waals surface area contributed by atoms with Crippen molar-refractivity contribution in [1.29, 1.82) is 0 Å². The molecule has 1 rings (SSSR count). The summed E-state index contributed by atoms with van der Waals surface area (Å²) in [6, 6.07) is 8.73. The van der Waals surface area contributed by atoms with Gasteiger partial charge in [-0.05, 0) is 12.1 Å². The van der Waals surface area contributed by atoms with Gasteiger partial charge in [0.05, 0.1) is 5.69 Å². The number of amides is 1. The molecule has 0 aromatic heterocycles. The van der Waals surface area contributed by atoms with Crippen LogP contribution in [0, 0.1) is 5.21 Å². The average Bonchev–Trinajstić information content (AvgIpc) is 2.06. The van der Waals surface area contributed by atoms with E-state index >= 15 is 0 Å². The Morgan fingerprint density at radius 3 is 2.55 bits per heavy atom. The highest BCUT2D eigenvalue weighted by molar-refractivity contribution is 5.53. The number of carbonyl (C=O) groups excluding carboxylic acids is 1. The van der Waals surface area contributed by atoms with Crippen LogP contribution >= 0.6 is 0 Å². The predicted octanol–water partition coefficient (Wildman–Crippen LogP) is 0.970. The Kier molecular flexibility index (Phi) is 2.46. The van der Waals surface area contributed by atoms with E-state index in [1.54, 1.807) is 24.3 Å². The number of nitrogens with one attached hydrogen (secondary N) is 1. The lowest BCUT2D eigenvalue weighted by Gasteiger charge is -2.23. The number of carbonyl (C=O) groups is 1. The molecule has 58 valence electrons. The van der Waals surface area contributed by atoms with Gasteiger partial charge in [-0.3, -0.25) is 4.79 Å². The minimum atomic E-state index is 0.106. The van der Waals surface area contributed by atoms with E-state index in [2.05, 4.69) is 5.43 Å². The number of hydroxylamine groups is 1. The van der Waals surface area contributed by atoms with Crippen LogP contribution in [0.1, 0.15) is 0 Å². The van der Waals surface area contributed by atoms with Gasteiger partial charge in [0.1, 0.15) is 0 Å². The fraction of sp³-hybridized carbons (Fsp3) is 0. The van der Waals surface area contributed by atoms with Crippen LogP contribution in [0.15, 0.2) is 30.3 Å². The lowest BCUT2D eigenvalue weighted by Crippen LogP contribution is -2.20. The Labute approximate surface area is 64.0 Å². The minimum Gasteiger partial charge on any atom is -0.737 e. The van der Waals surface area contributed by atoms with E-state index in [4.69, 9.17) is 0 Å². The Morgan fingerprint density at radius 1 is 1.36 bits per heavy atom. The highest BCUT2D eigenvalue weighted by Gasteiger charge is 1.86. The molecular weight excluding hydrogens is 144 g/mol. The molecule has 0 saturated carbocycles. The number of benzene rings is 1.